The lowest BCUT2D eigenvalue weighted by Gasteiger charge is -2.35. The minimum absolute atomic E-state index is 0.290. The summed E-state index contributed by atoms with van der Waals surface area (Å²) in [7, 11) is 0. The standard InChI is InChI=1S/C22H24F3N3O4/c23-22(24,25)32-16-9-7-15(8-10-16)27-21(29)28-18-5-3-11-26-20(18)31-19-6-2-1-4-17(19)14-12-30-13-14/h1-2,4,6-10,14,18,20,26H,3,5,11-13H2,(H2,27,28,29). The first-order valence-electron chi connectivity index (χ1n) is 10.4. The first-order chi connectivity index (χ1) is 15.4. The Morgan fingerprint density at radius 1 is 1.09 bits per heavy atom. The highest BCUT2D eigenvalue weighted by atomic mass is 19.4. The fraction of sp³-hybridized carbons (Fsp3) is 0.409. The number of ether oxygens (including phenoxy) is 3. The summed E-state index contributed by atoms with van der Waals surface area (Å²) >= 11 is 0. The van der Waals surface area contributed by atoms with Gasteiger partial charge in [0.15, 0.2) is 6.23 Å². The van der Waals surface area contributed by atoms with E-state index in [0.29, 0.717) is 24.8 Å². The van der Waals surface area contributed by atoms with E-state index in [-0.39, 0.29) is 11.8 Å². The van der Waals surface area contributed by atoms with Gasteiger partial charge < -0.3 is 24.8 Å². The summed E-state index contributed by atoms with van der Waals surface area (Å²) in [6, 6.07) is 12.0. The van der Waals surface area contributed by atoms with Gasteiger partial charge in [-0.15, -0.1) is 13.2 Å². The Hall–Kier alpha value is -2.98. The smallest absolute Gasteiger partial charge is 0.473 e. The molecule has 2 unspecified atom stereocenters. The average molecular weight is 451 g/mol. The molecule has 2 aromatic carbocycles. The van der Waals surface area contributed by atoms with E-state index in [1.54, 1.807) is 0 Å². The van der Waals surface area contributed by atoms with Crippen molar-refractivity contribution in [2.75, 3.05) is 25.1 Å². The summed E-state index contributed by atoms with van der Waals surface area (Å²) in [5.41, 5.74) is 1.42. The molecule has 2 aliphatic heterocycles. The molecule has 2 atom stereocenters. The average Bonchev–Trinajstić information content (AvgIpc) is 2.70. The molecule has 2 aliphatic rings. The second-order valence-corrected chi connectivity index (χ2v) is 7.68. The van der Waals surface area contributed by atoms with E-state index in [0.717, 1.165) is 42.8 Å². The predicted octanol–water partition coefficient (Wildman–Crippen LogP) is 3.98. The molecule has 0 saturated carbocycles. The van der Waals surface area contributed by atoms with Crippen molar-refractivity contribution in [3.05, 3.63) is 54.1 Å². The molecule has 2 fully saturated rings. The molecule has 172 valence electrons. The minimum Gasteiger partial charge on any atom is -0.473 e. The zero-order valence-electron chi connectivity index (χ0n) is 17.2. The molecule has 10 heteroatoms. The number of carbonyl (C=O) groups excluding carboxylic acids is 1. The topological polar surface area (TPSA) is 80.9 Å². The molecule has 32 heavy (non-hydrogen) atoms. The van der Waals surface area contributed by atoms with Crippen LogP contribution >= 0.6 is 0 Å². The van der Waals surface area contributed by atoms with E-state index < -0.39 is 18.6 Å². The molecule has 2 aromatic rings. The van der Waals surface area contributed by atoms with Crippen molar-refractivity contribution in [3.8, 4) is 11.5 Å². The Labute approximate surface area is 183 Å². The number of urea groups is 1. The van der Waals surface area contributed by atoms with Gasteiger partial charge in [0.1, 0.15) is 11.5 Å². The van der Waals surface area contributed by atoms with E-state index in [1.165, 1.54) is 12.1 Å². The molecule has 3 N–H and O–H groups in total. The summed E-state index contributed by atoms with van der Waals surface area (Å²) in [5, 5.41) is 8.82. The number of alkyl halides is 3. The first kappa shape index (κ1) is 22.2. The van der Waals surface area contributed by atoms with E-state index in [4.69, 9.17) is 9.47 Å². The number of piperidine rings is 1. The minimum atomic E-state index is -4.76. The van der Waals surface area contributed by atoms with Gasteiger partial charge in [0, 0.05) is 17.2 Å². The van der Waals surface area contributed by atoms with Crippen LogP contribution in [0.3, 0.4) is 0 Å². The van der Waals surface area contributed by atoms with E-state index >= 15 is 0 Å². The quantitative estimate of drug-likeness (QED) is 0.619. The van der Waals surface area contributed by atoms with Gasteiger partial charge in [0.2, 0.25) is 0 Å². The Bertz CT molecular complexity index is 919. The third-order valence-corrected chi connectivity index (χ3v) is 5.32. The van der Waals surface area contributed by atoms with Crippen molar-refractivity contribution in [2.45, 2.75) is 37.4 Å². The van der Waals surface area contributed by atoms with Gasteiger partial charge in [-0.05, 0) is 49.7 Å². The Kier molecular flexibility index (Phi) is 6.71. The Morgan fingerprint density at radius 3 is 2.53 bits per heavy atom. The number of hydrogen-bond donors (Lipinski definition) is 3. The third-order valence-electron chi connectivity index (χ3n) is 5.32. The van der Waals surface area contributed by atoms with Gasteiger partial charge in [0.25, 0.3) is 0 Å². The number of benzene rings is 2. The molecule has 2 heterocycles. The van der Waals surface area contributed by atoms with Crippen LogP contribution in [0.1, 0.15) is 24.3 Å². The maximum absolute atomic E-state index is 12.5. The molecule has 2 saturated heterocycles. The molecular formula is C22H24F3N3O4. The van der Waals surface area contributed by atoms with Crippen LogP contribution in [-0.2, 0) is 4.74 Å². The summed E-state index contributed by atoms with van der Waals surface area (Å²) in [5.74, 6) is 0.699. The van der Waals surface area contributed by atoms with Crippen molar-refractivity contribution < 1.29 is 32.2 Å². The van der Waals surface area contributed by atoms with Crippen molar-refractivity contribution in [2.24, 2.45) is 0 Å². The molecule has 0 radical (unpaired) electrons. The van der Waals surface area contributed by atoms with Crippen LogP contribution in [0.2, 0.25) is 0 Å². The molecule has 0 spiro atoms. The highest BCUT2D eigenvalue weighted by Crippen LogP contribution is 2.32. The van der Waals surface area contributed by atoms with Crippen LogP contribution in [0.5, 0.6) is 11.5 Å². The lowest BCUT2D eigenvalue weighted by atomic mass is 9.96. The second kappa shape index (κ2) is 9.66. The third kappa shape index (κ3) is 5.83. The second-order valence-electron chi connectivity index (χ2n) is 7.68. The van der Waals surface area contributed by atoms with E-state index in [1.807, 2.05) is 24.3 Å². The molecule has 0 aliphatic carbocycles. The normalized spacial score (nSPS) is 21.3. The zero-order valence-corrected chi connectivity index (χ0v) is 17.2. The molecule has 4 rings (SSSR count). The monoisotopic (exact) mass is 451 g/mol. The van der Waals surface area contributed by atoms with Crippen LogP contribution in [0.25, 0.3) is 0 Å². The molecule has 0 bridgehead atoms. The van der Waals surface area contributed by atoms with Crippen molar-refractivity contribution in [1.82, 2.24) is 10.6 Å². The van der Waals surface area contributed by atoms with Crippen LogP contribution in [0.4, 0.5) is 23.7 Å². The number of halogens is 3. The predicted molar refractivity (Wildman–Crippen MR) is 111 cm³/mol. The highest BCUT2D eigenvalue weighted by Gasteiger charge is 2.32. The fourth-order valence-corrected chi connectivity index (χ4v) is 3.68. The van der Waals surface area contributed by atoms with Gasteiger partial charge in [-0.2, -0.15) is 0 Å². The summed E-state index contributed by atoms with van der Waals surface area (Å²) in [6.45, 7) is 2.09. The van der Waals surface area contributed by atoms with Crippen LogP contribution in [0.15, 0.2) is 48.5 Å². The number of rotatable bonds is 6. The number of carbonyl (C=O) groups is 1. The number of anilines is 1. The Morgan fingerprint density at radius 2 is 1.84 bits per heavy atom. The van der Waals surface area contributed by atoms with Gasteiger partial charge in [-0.3, -0.25) is 5.32 Å². The highest BCUT2D eigenvalue weighted by molar-refractivity contribution is 5.89. The number of para-hydroxylation sites is 1. The summed E-state index contributed by atoms with van der Waals surface area (Å²) in [6.07, 6.45) is -3.59. The van der Waals surface area contributed by atoms with Crippen LogP contribution in [-0.4, -0.2) is 44.4 Å². The van der Waals surface area contributed by atoms with Gasteiger partial charge in [-0.25, -0.2) is 4.79 Å². The van der Waals surface area contributed by atoms with Crippen LogP contribution in [0, 0.1) is 0 Å². The van der Waals surface area contributed by atoms with Crippen molar-refractivity contribution in [1.29, 1.82) is 0 Å². The lowest BCUT2D eigenvalue weighted by Crippen LogP contribution is -2.57. The molecule has 0 aromatic heterocycles. The summed E-state index contributed by atoms with van der Waals surface area (Å²) < 4.78 is 52.2. The number of nitrogens with one attached hydrogen (secondary N) is 3. The van der Waals surface area contributed by atoms with Gasteiger partial charge in [-0.1, -0.05) is 18.2 Å². The van der Waals surface area contributed by atoms with Gasteiger partial charge >= 0.3 is 12.4 Å². The number of amides is 2. The first-order valence-corrected chi connectivity index (χ1v) is 10.4. The van der Waals surface area contributed by atoms with Gasteiger partial charge in [0.05, 0.1) is 19.3 Å². The molecule has 7 nitrogen and oxygen atoms in total. The molecule has 2 amide bonds. The number of hydrogen-bond acceptors (Lipinski definition) is 5. The van der Waals surface area contributed by atoms with E-state index in [9.17, 15) is 18.0 Å². The summed E-state index contributed by atoms with van der Waals surface area (Å²) in [4.78, 5) is 12.5. The largest absolute Gasteiger partial charge is 0.573 e. The van der Waals surface area contributed by atoms with Crippen molar-refractivity contribution >= 4 is 11.7 Å². The molecular weight excluding hydrogens is 427 g/mol. The van der Waals surface area contributed by atoms with Crippen LogP contribution < -0.4 is 25.4 Å². The zero-order chi connectivity index (χ0) is 22.6. The van der Waals surface area contributed by atoms with E-state index in [2.05, 4.69) is 20.7 Å². The maximum atomic E-state index is 12.5. The fourth-order valence-electron chi connectivity index (χ4n) is 3.68. The Balaban J connectivity index is 1.36. The van der Waals surface area contributed by atoms with Crippen molar-refractivity contribution in [3.63, 3.8) is 0 Å². The SMILES string of the molecule is O=C(Nc1ccc(OC(F)(F)F)cc1)NC1CCCNC1Oc1ccccc1C1COC1. The maximum Gasteiger partial charge on any atom is 0.573 e. The lowest BCUT2D eigenvalue weighted by molar-refractivity contribution is -0.274.